The van der Waals surface area contributed by atoms with Gasteiger partial charge in [-0.3, -0.25) is 10.1 Å². The molecule has 0 fully saturated rings. The summed E-state index contributed by atoms with van der Waals surface area (Å²) in [6.07, 6.45) is 1.75. The molecular weight excluding hydrogens is 270 g/mol. The number of nitro groups is 1. The van der Waals surface area contributed by atoms with Gasteiger partial charge in [-0.05, 0) is 31.9 Å². The van der Waals surface area contributed by atoms with E-state index in [1.165, 1.54) is 0 Å². The van der Waals surface area contributed by atoms with E-state index in [2.05, 4.69) is 19.2 Å². The molecule has 0 aliphatic heterocycles. The highest BCUT2D eigenvalue weighted by Gasteiger charge is 2.26. The Morgan fingerprint density at radius 2 is 2.00 bits per heavy atom. The van der Waals surface area contributed by atoms with Crippen molar-refractivity contribution in [2.75, 3.05) is 29.9 Å². The molecule has 0 radical (unpaired) electrons. The number of nitrogens with one attached hydrogen (secondary N) is 1. The molecule has 1 aromatic rings. The fourth-order valence-corrected chi connectivity index (χ4v) is 2.62. The SMILES string of the molecule is CCNc1cccc(N(CCO)C(CC)CC)c1[N+](=O)[O-]. The molecule has 0 atom stereocenters. The summed E-state index contributed by atoms with van der Waals surface area (Å²) in [7, 11) is 0. The number of rotatable bonds is 9. The van der Waals surface area contributed by atoms with Crippen LogP contribution in [0.1, 0.15) is 33.6 Å². The minimum absolute atomic E-state index is 0.0287. The molecule has 0 heterocycles. The van der Waals surface area contributed by atoms with E-state index in [0.717, 1.165) is 12.8 Å². The van der Waals surface area contributed by atoms with Gasteiger partial charge >= 0.3 is 5.69 Å². The van der Waals surface area contributed by atoms with Gasteiger partial charge in [0.2, 0.25) is 0 Å². The molecule has 0 aliphatic carbocycles. The zero-order valence-corrected chi connectivity index (χ0v) is 13.0. The first-order valence-corrected chi connectivity index (χ1v) is 7.49. The van der Waals surface area contributed by atoms with Crippen molar-refractivity contribution < 1.29 is 10.0 Å². The highest BCUT2D eigenvalue weighted by atomic mass is 16.6. The van der Waals surface area contributed by atoms with Gasteiger partial charge in [0.15, 0.2) is 0 Å². The first-order valence-electron chi connectivity index (χ1n) is 7.49. The van der Waals surface area contributed by atoms with Crippen LogP contribution in [0.15, 0.2) is 18.2 Å². The normalized spacial score (nSPS) is 10.7. The second-order valence-corrected chi connectivity index (χ2v) is 4.85. The number of para-hydroxylation sites is 1. The van der Waals surface area contributed by atoms with Gasteiger partial charge in [0.05, 0.1) is 11.5 Å². The monoisotopic (exact) mass is 295 g/mol. The van der Waals surface area contributed by atoms with Crippen LogP contribution in [0.3, 0.4) is 0 Å². The minimum Gasteiger partial charge on any atom is -0.395 e. The van der Waals surface area contributed by atoms with Gasteiger partial charge in [-0.25, -0.2) is 0 Å². The zero-order valence-electron chi connectivity index (χ0n) is 13.0. The van der Waals surface area contributed by atoms with Gasteiger partial charge < -0.3 is 15.3 Å². The van der Waals surface area contributed by atoms with E-state index in [1.54, 1.807) is 12.1 Å². The standard InChI is InChI=1S/C15H25N3O3/c1-4-12(5-2)17(10-11-19)14-9-7-8-13(16-6-3)15(14)18(20)21/h7-9,12,16,19H,4-6,10-11H2,1-3H3. The van der Waals surface area contributed by atoms with Crippen LogP contribution in [0, 0.1) is 10.1 Å². The Kier molecular flexibility index (Phi) is 6.94. The van der Waals surface area contributed by atoms with Crippen LogP contribution in [0.4, 0.5) is 17.1 Å². The number of aliphatic hydroxyl groups excluding tert-OH is 1. The van der Waals surface area contributed by atoms with Crippen molar-refractivity contribution in [3.63, 3.8) is 0 Å². The molecule has 6 nitrogen and oxygen atoms in total. The molecule has 1 aromatic carbocycles. The molecule has 118 valence electrons. The summed E-state index contributed by atoms with van der Waals surface area (Å²) in [6, 6.07) is 5.46. The first-order chi connectivity index (χ1) is 10.1. The third-order valence-corrected chi connectivity index (χ3v) is 3.60. The topological polar surface area (TPSA) is 78.6 Å². The molecule has 21 heavy (non-hydrogen) atoms. The van der Waals surface area contributed by atoms with Crippen LogP contribution in [0.25, 0.3) is 0 Å². The molecule has 6 heteroatoms. The summed E-state index contributed by atoms with van der Waals surface area (Å²) < 4.78 is 0. The molecule has 0 bridgehead atoms. The van der Waals surface area contributed by atoms with Crippen LogP contribution in [0.2, 0.25) is 0 Å². The molecule has 0 saturated heterocycles. The van der Waals surface area contributed by atoms with Crippen molar-refractivity contribution in [1.82, 2.24) is 0 Å². The summed E-state index contributed by atoms with van der Waals surface area (Å²) in [4.78, 5) is 13.1. The smallest absolute Gasteiger partial charge is 0.315 e. The predicted molar refractivity (Wildman–Crippen MR) is 86.1 cm³/mol. The maximum Gasteiger partial charge on any atom is 0.315 e. The lowest BCUT2D eigenvalue weighted by Crippen LogP contribution is -2.37. The van der Waals surface area contributed by atoms with E-state index < -0.39 is 0 Å². The van der Waals surface area contributed by atoms with Crippen molar-refractivity contribution in [3.05, 3.63) is 28.3 Å². The van der Waals surface area contributed by atoms with Gasteiger partial charge in [0.1, 0.15) is 11.4 Å². The van der Waals surface area contributed by atoms with Crippen molar-refractivity contribution >= 4 is 17.1 Å². The number of nitro benzene ring substituents is 1. The molecule has 2 N–H and O–H groups in total. The lowest BCUT2D eigenvalue weighted by atomic mass is 10.1. The van der Waals surface area contributed by atoms with E-state index in [9.17, 15) is 15.2 Å². The van der Waals surface area contributed by atoms with Crippen LogP contribution in [-0.4, -0.2) is 35.8 Å². The Balaban J connectivity index is 3.35. The Hall–Kier alpha value is -1.82. The largest absolute Gasteiger partial charge is 0.395 e. The Morgan fingerprint density at radius 3 is 2.48 bits per heavy atom. The van der Waals surface area contributed by atoms with E-state index in [1.807, 2.05) is 17.9 Å². The lowest BCUT2D eigenvalue weighted by Gasteiger charge is -2.32. The third kappa shape index (κ3) is 4.07. The summed E-state index contributed by atoms with van der Waals surface area (Å²) in [6.45, 7) is 7.00. The minimum atomic E-state index is -0.347. The van der Waals surface area contributed by atoms with Gasteiger partial charge in [-0.15, -0.1) is 0 Å². The van der Waals surface area contributed by atoms with Crippen LogP contribution in [-0.2, 0) is 0 Å². The fourth-order valence-electron chi connectivity index (χ4n) is 2.62. The van der Waals surface area contributed by atoms with Gasteiger partial charge in [-0.2, -0.15) is 0 Å². The number of hydrogen-bond donors (Lipinski definition) is 2. The lowest BCUT2D eigenvalue weighted by molar-refractivity contribution is -0.383. The maximum atomic E-state index is 11.5. The van der Waals surface area contributed by atoms with Crippen LogP contribution in [0.5, 0.6) is 0 Å². The van der Waals surface area contributed by atoms with Gasteiger partial charge in [-0.1, -0.05) is 19.9 Å². The molecule has 0 amide bonds. The van der Waals surface area contributed by atoms with Gasteiger partial charge in [0.25, 0.3) is 0 Å². The molecule has 0 aromatic heterocycles. The second-order valence-electron chi connectivity index (χ2n) is 4.85. The number of aliphatic hydroxyl groups is 1. The van der Waals surface area contributed by atoms with Gasteiger partial charge in [0, 0.05) is 19.1 Å². The molecule has 0 unspecified atom stereocenters. The highest BCUT2D eigenvalue weighted by molar-refractivity contribution is 5.77. The molecule has 1 rings (SSSR count). The van der Waals surface area contributed by atoms with Crippen molar-refractivity contribution in [3.8, 4) is 0 Å². The first kappa shape index (κ1) is 17.2. The van der Waals surface area contributed by atoms with Crippen molar-refractivity contribution in [1.29, 1.82) is 0 Å². The van der Waals surface area contributed by atoms with Crippen LogP contribution >= 0.6 is 0 Å². The number of benzene rings is 1. The fraction of sp³-hybridized carbons (Fsp3) is 0.600. The van der Waals surface area contributed by atoms with Crippen molar-refractivity contribution in [2.45, 2.75) is 39.7 Å². The molecular formula is C15H25N3O3. The Bertz CT molecular complexity index is 461. The summed E-state index contributed by atoms with van der Waals surface area (Å²) >= 11 is 0. The average molecular weight is 295 g/mol. The zero-order chi connectivity index (χ0) is 15.8. The van der Waals surface area contributed by atoms with Crippen molar-refractivity contribution in [2.24, 2.45) is 0 Å². The quantitative estimate of drug-likeness (QED) is 0.541. The van der Waals surface area contributed by atoms with E-state index in [-0.39, 0.29) is 23.3 Å². The molecule has 0 spiro atoms. The highest BCUT2D eigenvalue weighted by Crippen LogP contribution is 2.37. The third-order valence-electron chi connectivity index (χ3n) is 3.60. The molecule has 0 saturated carbocycles. The average Bonchev–Trinajstić information content (AvgIpc) is 2.47. The summed E-state index contributed by atoms with van der Waals surface area (Å²) in [5.74, 6) is 0. The number of nitrogens with zero attached hydrogens (tertiary/aromatic N) is 2. The maximum absolute atomic E-state index is 11.5. The van der Waals surface area contributed by atoms with E-state index in [4.69, 9.17) is 0 Å². The van der Waals surface area contributed by atoms with E-state index in [0.29, 0.717) is 24.5 Å². The Labute approximate surface area is 125 Å². The van der Waals surface area contributed by atoms with Crippen LogP contribution < -0.4 is 10.2 Å². The number of hydrogen-bond acceptors (Lipinski definition) is 5. The second kappa shape index (κ2) is 8.46. The predicted octanol–water partition coefficient (Wildman–Crippen LogP) is 3.01. The molecule has 0 aliphatic rings. The summed E-state index contributed by atoms with van der Waals surface area (Å²) in [5.41, 5.74) is 1.18. The number of anilines is 2. The summed E-state index contributed by atoms with van der Waals surface area (Å²) in [5, 5.41) is 23.9. The Morgan fingerprint density at radius 1 is 1.33 bits per heavy atom. The van der Waals surface area contributed by atoms with E-state index >= 15 is 0 Å².